The molecule has 0 aromatic carbocycles. The SMILES string of the molecule is C1CNCCNCCCNCCNC1.O=[N+]([O-])[O-].O=[N+]([O-])[O-].[Cu+2]. The maximum Gasteiger partial charge on any atom is 2.00 e. The molecule has 0 amide bonds. The Kier molecular flexibility index (Phi) is 26.7. The van der Waals surface area contributed by atoms with Crippen LogP contribution in [0.1, 0.15) is 12.8 Å². The summed E-state index contributed by atoms with van der Waals surface area (Å²) in [5, 5.41) is 43.2. The molecule has 0 bridgehead atoms. The Morgan fingerprint density at radius 1 is 0.522 bits per heavy atom. The normalized spacial score (nSPS) is 16.7. The van der Waals surface area contributed by atoms with Gasteiger partial charge in [-0.25, -0.2) is 0 Å². The van der Waals surface area contributed by atoms with E-state index < -0.39 is 10.2 Å². The molecule has 1 aliphatic heterocycles. The number of hydrogen-bond acceptors (Lipinski definition) is 10. The summed E-state index contributed by atoms with van der Waals surface area (Å²) in [6, 6.07) is 0. The average molecular weight is 388 g/mol. The van der Waals surface area contributed by atoms with E-state index in [2.05, 4.69) is 21.3 Å². The minimum atomic E-state index is -1.75. The van der Waals surface area contributed by atoms with Crippen molar-refractivity contribution < 1.29 is 27.2 Å². The molecule has 1 radical (unpaired) electrons. The summed E-state index contributed by atoms with van der Waals surface area (Å²) in [6.45, 7) is 8.87. The molecule has 4 N–H and O–H groups in total. The van der Waals surface area contributed by atoms with Crippen molar-refractivity contribution in [1.82, 2.24) is 21.3 Å². The van der Waals surface area contributed by atoms with E-state index in [0.29, 0.717) is 0 Å². The number of nitrogens with zero attached hydrogens (tertiary/aromatic N) is 2. The van der Waals surface area contributed by atoms with Crippen LogP contribution >= 0.6 is 0 Å². The smallest absolute Gasteiger partial charge is 0.356 e. The van der Waals surface area contributed by atoms with Crippen molar-refractivity contribution in [2.45, 2.75) is 12.8 Å². The maximum atomic E-state index is 8.25. The van der Waals surface area contributed by atoms with Crippen LogP contribution in [0.25, 0.3) is 0 Å². The van der Waals surface area contributed by atoms with Crippen LogP contribution in [0.2, 0.25) is 0 Å². The Bertz CT molecular complexity index is 203. The molecule has 0 spiro atoms. The molecule has 1 saturated heterocycles. The first-order valence-corrected chi connectivity index (χ1v) is 6.92. The molecule has 1 rings (SSSR count). The summed E-state index contributed by atoms with van der Waals surface area (Å²) in [6.07, 6.45) is 2.44. The van der Waals surface area contributed by atoms with Crippen molar-refractivity contribution >= 4 is 0 Å². The van der Waals surface area contributed by atoms with Crippen LogP contribution in [0.5, 0.6) is 0 Å². The summed E-state index contributed by atoms with van der Waals surface area (Å²) in [5.41, 5.74) is 0. The molecule has 0 aromatic heterocycles. The van der Waals surface area contributed by atoms with Gasteiger partial charge < -0.3 is 51.9 Å². The second kappa shape index (κ2) is 23.0. The van der Waals surface area contributed by atoms with Crippen LogP contribution in [0.4, 0.5) is 0 Å². The number of nitrogens with one attached hydrogen (secondary N) is 4. The van der Waals surface area contributed by atoms with Crippen molar-refractivity contribution in [2.75, 3.05) is 52.4 Å². The fraction of sp³-hybridized carbons (Fsp3) is 1.00. The third-order valence-electron chi connectivity index (χ3n) is 2.37. The van der Waals surface area contributed by atoms with Crippen LogP contribution < -0.4 is 21.3 Å². The second-order valence-corrected chi connectivity index (χ2v) is 4.15. The molecule has 23 heavy (non-hydrogen) atoms. The van der Waals surface area contributed by atoms with Crippen LogP contribution in [0, 0.1) is 30.6 Å². The second-order valence-electron chi connectivity index (χ2n) is 4.15. The molecule has 0 aliphatic carbocycles. The third-order valence-corrected chi connectivity index (χ3v) is 2.37. The van der Waals surface area contributed by atoms with Gasteiger partial charge in [0, 0.05) is 26.2 Å². The molecule has 1 heterocycles. The van der Waals surface area contributed by atoms with Crippen LogP contribution in [-0.2, 0) is 17.1 Å². The van der Waals surface area contributed by atoms with E-state index in [9.17, 15) is 0 Å². The van der Waals surface area contributed by atoms with Crippen molar-refractivity contribution in [3.63, 3.8) is 0 Å². The van der Waals surface area contributed by atoms with Crippen molar-refractivity contribution in [2.24, 2.45) is 0 Å². The fourth-order valence-corrected chi connectivity index (χ4v) is 1.53. The predicted octanol–water partition coefficient (Wildman–Crippen LogP) is -1.34. The summed E-state index contributed by atoms with van der Waals surface area (Å²) >= 11 is 0. The summed E-state index contributed by atoms with van der Waals surface area (Å²) in [7, 11) is 0. The zero-order chi connectivity index (χ0) is 17.1. The van der Waals surface area contributed by atoms with E-state index in [1.807, 2.05) is 0 Å². The van der Waals surface area contributed by atoms with Gasteiger partial charge in [0.15, 0.2) is 0 Å². The first-order valence-electron chi connectivity index (χ1n) is 6.92. The van der Waals surface area contributed by atoms with Gasteiger partial charge in [-0.2, -0.15) is 0 Å². The Morgan fingerprint density at radius 3 is 0.870 bits per heavy atom. The third kappa shape index (κ3) is 44.9. The summed E-state index contributed by atoms with van der Waals surface area (Å²) in [4.78, 5) is 16.5. The molecule has 1 fully saturated rings. The van der Waals surface area contributed by atoms with E-state index in [-0.39, 0.29) is 17.1 Å². The zero-order valence-corrected chi connectivity index (χ0v) is 13.7. The molecule has 1 aliphatic rings. The van der Waals surface area contributed by atoms with Crippen molar-refractivity contribution in [1.29, 1.82) is 0 Å². The van der Waals surface area contributed by atoms with Gasteiger partial charge in [0.1, 0.15) is 0 Å². The topological polar surface area (TPSA) is 181 Å². The minimum Gasteiger partial charge on any atom is -0.356 e. The van der Waals surface area contributed by atoms with Gasteiger partial charge in [0.05, 0.1) is 10.2 Å². The molecular weight excluding hydrogens is 364 g/mol. The quantitative estimate of drug-likeness (QED) is 0.220. The molecule has 12 nitrogen and oxygen atoms in total. The van der Waals surface area contributed by atoms with Crippen LogP contribution in [0.15, 0.2) is 0 Å². The summed E-state index contributed by atoms with van der Waals surface area (Å²) in [5.74, 6) is 0. The molecule has 0 saturated carbocycles. The fourth-order valence-electron chi connectivity index (χ4n) is 1.53. The van der Waals surface area contributed by atoms with Gasteiger partial charge in [-0.15, -0.1) is 0 Å². The molecule has 0 atom stereocenters. The van der Waals surface area contributed by atoms with Crippen molar-refractivity contribution in [3.8, 4) is 0 Å². The standard InChI is InChI=1S/C10H24N4.Cu.2NO3/c1-3-11-7-9-13-5-2-6-14-10-8-12-4-1;;2*2-1(3)4/h11-14H,1-10H2;;;/q;+2;2*-1. The molecule has 141 valence electrons. The van der Waals surface area contributed by atoms with E-state index in [0.717, 1.165) is 52.4 Å². The first-order chi connectivity index (χ1) is 10.5. The Hall–Kier alpha value is -1.24. The molecular formula is C10H24CuN6O6. The van der Waals surface area contributed by atoms with E-state index in [4.69, 9.17) is 30.6 Å². The van der Waals surface area contributed by atoms with Crippen LogP contribution in [-0.4, -0.2) is 62.5 Å². The Morgan fingerprint density at radius 2 is 0.696 bits per heavy atom. The predicted molar refractivity (Wildman–Crippen MR) is 81.4 cm³/mol. The minimum absolute atomic E-state index is 0. The van der Waals surface area contributed by atoms with Gasteiger partial charge in [0.25, 0.3) is 0 Å². The maximum absolute atomic E-state index is 8.25. The van der Waals surface area contributed by atoms with E-state index in [1.54, 1.807) is 0 Å². The first kappa shape index (κ1) is 26.6. The Balaban J connectivity index is -0.000000374. The van der Waals surface area contributed by atoms with Gasteiger partial charge in [-0.05, 0) is 39.0 Å². The van der Waals surface area contributed by atoms with Gasteiger partial charge in [-0.3, -0.25) is 0 Å². The number of hydrogen-bond donors (Lipinski definition) is 4. The monoisotopic (exact) mass is 387 g/mol. The number of rotatable bonds is 0. The van der Waals surface area contributed by atoms with E-state index >= 15 is 0 Å². The van der Waals surface area contributed by atoms with Gasteiger partial charge in [0.2, 0.25) is 0 Å². The Labute approximate surface area is 145 Å². The van der Waals surface area contributed by atoms with Crippen molar-refractivity contribution in [3.05, 3.63) is 30.6 Å². The molecule has 0 unspecified atom stereocenters. The molecule has 0 aromatic rings. The molecule has 13 heteroatoms. The van der Waals surface area contributed by atoms with E-state index in [1.165, 1.54) is 12.8 Å². The van der Waals surface area contributed by atoms with Gasteiger partial charge >= 0.3 is 17.1 Å². The van der Waals surface area contributed by atoms with Gasteiger partial charge in [-0.1, -0.05) is 0 Å². The average Bonchev–Trinajstić information content (AvgIpc) is 2.40. The summed E-state index contributed by atoms with van der Waals surface area (Å²) < 4.78 is 0. The zero-order valence-electron chi connectivity index (χ0n) is 12.7. The van der Waals surface area contributed by atoms with Crippen LogP contribution in [0.3, 0.4) is 0 Å². The largest absolute Gasteiger partial charge is 2.00 e.